The second-order valence-electron chi connectivity index (χ2n) is 5.40. The SMILES string of the molecule is CC(C)c1ccc(-c2ccc([N+](=O)[O-])cc2[N+](=O)[O-])c([N+](=O)[O-])c1. The Morgan fingerprint density at radius 2 is 1.25 bits per heavy atom. The van der Waals surface area contributed by atoms with Gasteiger partial charge in [-0.3, -0.25) is 30.3 Å². The van der Waals surface area contributed by atoms with Crippen molar-refractivity contribution in [3.8, 4) is 11.1 Å². The van der Waals surface area contributed by atoms with Gasteiger partial charge in [0.05, 0.1) is 32.0 Å². The van der Waals surface area contributed by atoms with Crippen LogP contribution in [-0.2, 0) is 0 Å². The molecule has 2 aromatic rings. The highest BCUT2D eigenvalue weighted by molar-refractivity contribution is 5.82. The summed E-state index contributed by atoms with van der Waals surface area (Å²) in [6, 6.07) is 7.50. The van der Waals surface area contributed by atoms with E-state index in [0.29, 0.717) is 0 Å². The Kier molecular flexibility index (Phi) is 4.54. The Morgan fingerprint density at radius 1 is 0.750 bits per heavy atom. The Morgan fingerprint density at radius 3 is 1.71 bits per heavy atom. The first-order valence-corrected chi connectivity index (χ1v) is 6.94. The van der Waals surface area contributed by atoms with Crippen LogP contribution in [0.2, 0.25) is 0 Å². The lowest BCUT2D eigenvalue weighted by Gasteiger charge is -2.09. The highest BCUT2D eigenvalue weighted by Gasteiger charge is 2.26. The second kappa shape index (κ2) is 6.41. The van der Waals surface area contributed by atoms with Gasteiger partial charge in [0.15, 0.2) is 0 Å². The van der Waals surface area contributed by atoms with E-state index in [1.165, 1.54) is 12.1 Å². The van der Waals surface area contributed by atoms with E-state index in [-0.39, 0.29) is 22.7 Å². The number of benzene rings is 2. The minimum absolute atomic E-state index is 0.0346. The highest BCUT2D eigenvalue weighted by atomic mass is 16.6. The fraction of sp³-hybridized carbons (Fsp3) is 0.200. The van der Waals surface area contributed by atoms with Crippen molar-refractivity contribution in [2.45, 2.75) is 19.8 Å². The molecule has 0 fully saturated rings. The quantitative estimate of drug-likeness (QED) is 0.596. The van der Waals surface area contributed by atoms with Crippen molar-refractivity contribution in [3.63, 3.8) is 0 Å². The van der Waals surface area contributed by atoms with Crippen LogP contribution in [0.1, 0.15) is 25.3 Å². The van der Waals surface area contributed by atoms with Crippen molar-refractivity contribution >= 4 is 17.1 Å². The van der Waals surface area contributed by atoms with E-state index in [1.807, 2.05) is 13.8 Å². The van der Waals surface area contributed by atoms with Gasteiger partial charge in [-0.2, -0.15) is 0 Å². The van der Waals surface area contributed by atoms with Gasteiger partial charge in [0.25, 0.3) is 17.1 Å². The van der Waals surface area contributed by atoms with Crippen LogP contribution in [0.5, 0.6) is 0 Å². The summed E-state index contributed by atoms with van der Waals surface area (Å²) >= 11 is 0. The molecule has 0 spiro atoms. The average Bonchev–Trinajstić information content (AvgIpc) is 2.53. The average molecular weight is 331 g/mol. The zero-order valence-electron chi connectivity index (χ0n) is 12.8. The van der Waals surface area contributed by atoms with Crippen LogP contribution in [-0.4, -0.2) is 14.8 Å². The van der Waals surface area contributed by atoms with Crippen LogP contribution in [0.25, 0.3) is 11.1 Å². The van der Waals surface area contributed by atoms with Crippen molar-refractivity contribution in [3.05, 3.63) is 72.3 Å². The van der Waals surface area contributed by atoms with E-state index in [1.54, 1.807) is 6.07 Å². The maximum atomic E-state index is 11.4. The van der Waals surface area contributed by atoms with Crippen LogP contribution in [0.4, 0.5) is 17.1 Å². The van der Waals surface area contributed by atoms with Gasteiger partial charge in [-0.1, -0.05) is 19.9 Å². The molecule has 124 valence electrons. The molecule has 0 amide bonds. The van der Waals surface area contributed by atoms with E-state index in [4.69, 9.17) is 0 Å². The molecule has 0 aromatic heterocycles. The lowest BCUT2D eigenvalue weighted by Crippen LogP contribution is -1.99. The summed E-state index contributed by atoms with van der Waals surface area (Å²) in [7, 11) is 0. The lowest BCUT2D eigenvalue weighted by atomic mass is 9.96. The number of hydrogen-bond acceptors (Lipinski definition) is 6. The number of hydrogen-bond donors (Lipinski definition) is 0. The number of rotatable bonds is 5. The van der Waals surface area contributed by atoms with Gasteiger partial charge in [0.2, 0.25) is 0 Å². The minimum Gasteiger partial charge on any atom is -0.258 e. The molecule has 9 heteroatoms. The Bertz CT molecular complexity index is 847. The van der Waals surface area contributed by atoms with E-state index >= 15 is 0 Å². The first-order chi connectivity index (χ1) is 11.2. The van der Waals surface area contributed by atoms with Crippen molar-refractivity contribution < 1.29 is 14.8 Å². The molecule has 0 saturated carbocycles. The summed E-state index contributed by atoms with van der Waals surface area (Å²) in [6.07, 6.45) is 0. The first-order valence-electron chi connectivity index (χ1n) is 6.94. The van der Waals surface area contributed by atoms with Crippen LogP contribution in [0.15, 0.2) is 36.4 Å². The van der Waals surface area contributed by atoms with E-state index in [2.05, 4.69) is 0 Å². The molecule has 0 atom stereocenters. The maximum Gasteiger partial charge on any atom is 0.284 e. The summed E-state index contributed by atoms with van der Waals surface area (Å²) in [4.78, 5) is 31.2. The molecule has 0 aliphatic rings. The number of nitro benzene ring substituents is 3. The molecule has 0 aliphatic carbocycles. The largest absolute Gasteiger partial charge is 0.284 e. The molecular formula is C15H13N3O6. The maximum absolute atomic E-state index is 11.4. The molecular weight excluding hydrogens is 318 g/mol. The third kappa shape index (κ3) is 3.19. The van der Waals surface area contributed by atoms with Crippen LogP contribution < -0.4 is 0 Å². The molecule has 0 radical (unpaired) electrons. The molecule has 2 aromatic carbocycles. The van der Waals surface area contributed by atoms with Crippen molar-refractivity contribution in [1.29, 1.82) is 0 Å². The summed E-state index contributed by atoms with van der Waals surface area (Å²) < 4.78 is 0. The second-order valence-corrected chi connectivity index (χ2v) is 5.40. The minimum atomic E-state index is -0.789. The van der Waals surface area contributed by atoms with Gasteiger partial charge in [0, 0.05) is 12.1 Å². The first kappa shape index (κ1) is 17.0. The molecule has 2 rings (SSSR count). The number of non-ortho nitro benzene ring substituents is 1. The van der Waals surface area contributed by atoms with Gasteiger partial charge in [-0.25, -0.2) is 0 Å². The van der Waals surface area contributed by atoms with Crippen molar-refractivity contribution in [1.82, 2.24) is 0 Å². The molecule has 0 aliphatic heterocycles. The topological polar surface area (TPSA) is 129 Å². The molecule has 24 heavy (non-hydrogen) atoms. The number of nitrogens with zero attached hydrogens (tertiary/aromatic N) is 3. The summed E-state index contributed by atoms with van der Waals surface area (Å²) in [5, 5.41) is 33.4. The molecule has 0 bridgehead atoms. The van der Waals surface area contributed by atoms with Gasteiger partial charge >= 0.3 is 0 Å². The van der Waals surface area contributed by atoms with Gasteiger partial charge in [0.1, 0.15) is 0 Å². The van der Waals surface area contributed by atoms with Crippen LogP contribution in [0, 0.1) is 30.3 Å². The predicted molar refractivity (Wildman–Crippen MR) is 85.9 cm³/mol. The van der Waals surface area contributed by atoms with E-state index < -0.39 is 26.1 Å². The van der Waals surface area contributed by atoms with E-state index in [0.717, 1.165) is 23.8 Å². The Labute approximate surface area is 136 Å². The van der Waals surface area contributed by atoms with Gasteiger partial charge < -0.3 is 0 Å². The monoisotopic (exact) mass is 331 g/mol. The fourth-order valence-corrected chi connectivity index (χ4v) is 2.30. The predicted octanol–water partition coefficient (Wildman–Crippen LogP) is 4.20. The van der Waals surface area contributed by atoms with E-state index in [9.17, 15) is 30.3 Å². The zero-order valence-corrected chi connectivity index (χ0v) is 12.8. The standard InChI is InChI=1S/C15H13N3O6/c1-9(2)10-3-5-12(14(7-10)17(21)22)13-6-4-11(16(19)20)8-15(13)18(23)24/h3-9H,1-2H3. The molecule has 9 nitrogen and oxygen atoms in total. The van der Waals surface area contributed by atoms with Gasteiger partial charge in [-0.15, -0.1) is 0 Å². The molecule has 0 N–H and O–H groups in total. The third-order valence-electron chi connectivity index (χ3n) is 3.56. The van der Waals surface area contributed by atoms with Gasteiger partial charge in [-0.05, 0) is 23.6 Å². The molecule has 0 heterocycles. The molecule has 0 saturated heterocycles. The van der Waals surface area contributed by atoms with Crippen molar-refractivity contribution in [2.75, 3.05) is 0 Å². The van der Waals surface area contributed by atoms with Crippen LogP contribution >= 0.6 is 0 Å². The zero-order chi connectivity index (χ0) is 18.0. The Balaban J connectivity index is 2.73. The van der Waals surface area contributed by atoms with Crippen LogP contribution in [0.3, 0.4) is 0 Å². The highest BCUT2D eigenvalue weighted by Crippen LogP contribution is 2.39. The smallest absolute Gasteiger partial charge is 0.258 e. The normalized spacial score (nSPS) is 10.6. The lowest BCUT2D eigenvalue weighted by molar-refractivity contribution is -0.394. The third-order valence-corrected chi connectivity index (χ3v) is 3.56. The summed E-state index contributed by atoms with van der Waals surface area (Å²) in [5.74, 6) is 0.0459. The molecule has 0 unspecified atom stereocenters. The Hall–Kier alpha value is -3.36. The summed E-state index contributed by atoms with van der Waals surface area (Å²) in [5.41, 5.74) is -0.553. The van der Waals surface area contributed by atoms with Crippen molar-refractivity contribution in [2.24, 2.45) is 0 Å². The number of nitro groups is 3. The summed E-state index contributed by atoms with van der Waals surface area (Å²) in [6.45, 7) is 3.74. The fourth-order valence-electron chi connectivity index (χ4n) is 2.30.